The van der Waals surface area contributed by atoms with Gasteiger partial charge in [0, 0.05) is 19.1 Å². The molecule has 94 valence electrons. The van der Waals surface area contributed by atoms with E-state index in [9.17, 15) is 4.39 Å². The number of nitrogen functional groups attached to an aromatic ring is 1. The summed E-state index contributed by atoms with van der Waals surface area (Å²) in [6, 6.07) is 0. The molecule has 6 nitrogen and oxygen atoms in total. The molecule has 0 aromatic carbocycles. The third kappa shape index (κ3) is 2.80. The average molecular weight is 241 g/mol. The predicted molar refractivity (Wildman–Crippen MR) is 61.8 cm³/mol. The van der Waals surface area contributed by atoms with Gasteiger partial charge in [-0.25, -0.2) is 15.2 Å². The summed E-state index contributed by atoms with van der Waals surface area (Å²) < 4.78 is 18.8. The number of hydrogen-bond acceptors (Lipinski definition) is 6. The van der Waals surface area contributed by atoms with Crippen molar-refractivity contribution in [2.75, 3.05) is 23.9 Å². The molecule has 0 amide bonds. The Labute approximate surface area is 98.7 Å². The van der Waals surface area contributed by atoms with Crippen molar-refractivity contribution in [1.82, 2.24) is 9.97 Å². The number of halogens is 1. The topological polar surface area (TPSA) is 85.1 Å². The molecule has 1 aliphatic heterocycles. The van der Waals surface area contributed by atoms with Crippen LogP contribution in [0.15, 0.2) is 6.20 Å². The van der Waals surface area contributed by atoms with Gasteiger partial charge in [-0.15, -0.1) is 0 Å². The van der Waals surface area contributed by atoms with E-state index in [4.69, 9.17) is 10.6 Å². The first-order valence-corrected chi connectivity index (χ1v) is 5.55. The van der Waals surface area contributed by atoms with E-state index >= 15 is 0 Å². The molecule has 2 rings (SSSR count). The zero-order valence-corrected chi connectivity index (χ0v) is 9.61. The van der Waals surface area contributed by atoms with Crippen molar-refractivity contribution in [2.24, 2.45) is 11.8 Å². The van der Waals surface area contributed by atoms with Crippen LogP contribution in [0.25, 0.3) is 0 Å². The fourth-order valence-corrected chi connectivity index (χ4v) is 1.83. The smallest absolute Gasteiger partial charge is 0.239 e. The second-order valence-corrected chi connectivity index (χ2v) is 4.04. The SMILES string of the molecule is CC1OCCC1CNc1nc(NN)ncc1F. The van der Waals surface area contributed by atoms with Gasteiger partial charge in [0.25, 0.3) is 0 Å². The molecule has 0 aliphatic carbocycles. The Morgan fingerprint density at radius 3 is 3.12 bits per heavy atom. The number of aromatic nitrogens is 2. The first-order valence-electron chi connectivity index (χ1n) is 5.55. The van der Waals surface area contributed by atoms with Gasteiger partial charge in [-0.3, -0.25) is 5.43 Å². The minimum absolute atomic E-state index is 0.159. The van der Waals surface area contributed by atoms with Crippen LogP contribution >= 0.6 is 0 Å². The maximum absolute atomic E-state index is 13.4. The lowest BCUT2D eigenvalue weighted by atomic mass is 10.0. The molecule has 4 N–H and O–H groups in total. The van der Waals surface area contributed by atoms with E-state index in [1.807, 2.05) is 6.92 Å². The third-order valence-corrected chi connectivity index (χ3v) is 2.94. The molecule has 2 atom stereocenters. The fraction of sp³-hybridized carbons (Fsp3) is 0.600. The molecule has 0 saturated carbocycles. The second kappa shape index (κ2) is 5.24. The van der Waals surface area contributed by atoms with Gasteiger partial charge in [-0.2, -0.15) is 4.98 Å². The highest BCUT2D eigenvalue weighted by atomic mass is 19.1. The minimum atomic E-state index is -0.490. The molecule has 1 aromatic heterocycles. The van der Waals surface area contributed by atoms with Crippen molar-refractivity contribution >= 4 is 11.8 Å². The molecule has 17 heavy (non-hydrogen) atoms. The number of nitrogens with zero attached hydrogens (tertiary/aromatic N) is 2. The minimum Gasteiger partial charge on any atom is -0.378 e. The molecular weight excluding hydrogens is 225 g/mol. The van der Waals surface area contributed by atoms with E-state index in [0.29, 0.717) is 12.5 Å². The Bertz CT molecular complexity index is 389. The maximum Gasteiger partial charge on any atom is 0.239 e. The van der Waals surface area contributed by atoms with Crippen LogP contribution in [0.3, 0.4) is 0 Å². The van der Waals surface area contributed by atoms with Gasteiger partial charge in [0.15, 0.2) is 11.6 Å². The Morgan fingerprint density at radius 2 is 2.47 bits per heavy atom. The van der Waals surface area contributed by atoms with Crippen LogP contribution < -0.4 is 16.6 Å². The predicted octanol–water partition coefficient (Wildman–Crippen LogP) is 0.738. The normalized spacial score (nSPS) is 23.7. The Hall–Kier alpha value is -1.47. The number of nitrogens with one attached hydrogen (secondary N) is 2. The molecule has 1 aromatic rings. The van der Waals surface area contributed by atoms with Gasteiger partial charge in [-0.05, 0) is 13.3 Å². The molecule has 1 fully saturated rings. The summed E-state index contributed by atoms with van der Waals surface area (Å²) >= 11 is 0. The molecular formula is C10H16FN5O. The van der Waals surface area contributed by atoms with Crippen LogP contribution in [-0.4, -0.2) is 29.2 Å². The largest absolute Gasteiger partial charge is 0.378 e. The lowest BCUT2D eigenvalue weighted by Gasteiger charge is -2.15. The number of rotatable bonds is 4. The summed E-state index contributed by atoms with van der Waals surface area (Å²) in [7, 11) is 0. The number of hydrazine groups is 1. The van der Waals surface area contributed by atoms with Crippen LogP contribution in [-0.2, 0) is 4.74 Å². The number of ether oxygens (including phenoxy) is 1. The Balaban J connectivity index is 1.98. The summed E-state index contributed by atoms with van der Waals surface area (Å²) in [4.78, 5) is 7.57. The molecule has 0 radical (unpaired) electrons. The first kappa shape index (κ1) is 12.0. The van der Waals surface area contributed by atoms with E-state index < -0.39 is 5.82 Å². The lowest BCUT2D eigenvalue weighted by Crippen LogP contribution is -2.22. The highest BCUT2D eigenvalue weighted by Gasteiger charge is 2.24. The lowest BCUT2D eigenvalue weighted by molar-refractivity contribution is 0.108. The van der Waals surface area contributed by atoms with Gasteiger partial charge >= 0.3 is 0 Å². The van der Waals surface area contributed by atoms with Crippen molar-refractivity contribution in [3.63, 3.8) is 0 Å². The van der Waals surface area contributed by atoms with Crippen molar-refractivity contribution in [1.29, 1.82) is 0 Å². The molecule has 7 heteroatoms. The van der Waals surface area contributed by atoms with Crippen LogP contribution in [0.4, 0.5) is 16.2 Å². The molecule has 2 heterocycles. The third-order valence-electron chi connectivity index (χ3n) is 2.94. The van der Waals surface area contributed by atoms with Crippen LogP contribution in [0.2, 0.25) is 0 Å². The Kier molecular flexibility index (Phi) is 3.70. The summed E-state index contributed by atoms with van der Waals surface area (Å²) in [6.45, 7) is 3.40. The molecule has 0 spiro atoms. The van der Waals surface area contributed by atoms with Gasteiger partial charge in [0.1, 0.15) is 0 Å². The summed E-state index contributed by atoms with van der Waals surface area (Å²) in [5, 5.41) is 2.96. The van der Waals surface area contributed by atoms with E-state index in [1.54, 1.807) is 0 Å². The van der Waals surface area contributed by atoms with E-state index in [2.05, 4.69) is 20.7 Å². The zero-order valence-electron chi connectivity index (χ0n) is 9.61. The monoisotopic (exact) mass is 241 g/mol. The highest BCUT2D eigenvalue weighted by Crippen LogP contribution is 2.21. The highest BCUT2D eigenvalue weighted by molar-refractivity contribution is 5.40. The fourth-order valence-electron chi connectivity index (χ4n) is 1.83. The number of anilines is 2. The van der Waals surface area contributed by atoms with Crippen molar-refractivity contribution in [3.8, 4) is 0 Å². The van der Waals surface area contributed by atoms with E-state index in [1.165, 1.54) is 0 Å². The average Bonchev–Trinajstić information content (AvgIpc) is 2.74. The number of nitrogens with two attached hydrogens (primary N) is 1. The number of hydrogen-bond donors (Lipinski definition) is 3. The van der Waals surface area contributed by atoms with Gasteiger partial charge in [-0.1, -0.05) is 0 Å². The van der Waals surface area contributed by atoms with Crippen LogP contribution in [0, 0.1) is 11.7 Å². The van der Waals surface area contributed by atoms with Crippen LogP contribution in [0.1, 0.15) is 13.3 Å². The van der Waals surface area contributed by atoms with Crippen molar-refractivity contribution < 1.29 is 9.13 Å². The maximum atomic E-state index is 13.4. The standard InChI is InChI=1S/C10H16FN5O/c1-6-7(2-3-17-6)4-13-9-8(11)5-14-10(15-9)16-12/h5-7H,2-4,12H2,1H3,(H2,13,14,15,16). The molecule has 1 aliphatic rings. The summed E-state index contributed by atoms with van der Waals surface area (Å²) in [5.41, 5.74) is 2.28. The summed E-state index contributed by atoms with van der Waals surface area (Å²) in [6.07, 6.45) is 2.25. The van der Waals surface area contributed by atoms with Gasteiger partial charge < -0.3 is 10.1 Å². The second-order valence-electron chi connectivity index (χ2n) is 4.04. The van der Waals surface area contributed by atoms with Gasteiger partial charge in [0.05, 0.1) is 12.3 Å². The van der Waals surface area contributed by atoms with Crippen molar-refractivity contribution in [3.05, 3.63) is 12.0 Å². The quantitative estimate of drug-likeness (QED) is 0.532. The zero-order chi connectivity index (χ0) is 12.3. The molecule has 2 unspecified atom stereocenters. The summed E-state index contributed by atoms with van der Waals surface area (Å²) in [5.74, 6) is 5.39. The van der Waals surface area contributed by atoms with Crippen molar-refractivity contribution in [2.45, 2.75) is 19.4 Å². The van der Waals surface area contributed by atoms with E-state index in [-0.39, 0.29) is 17.9 Å². The molecule has 0 bridgehead atoms. The first-order chi connectivity index (χ1) is 8.20. The Morgan fingerprint density at radius 1 is 1.65 bits per heavy atom. The van der Waals surface area contributed by atoms with Crippen LogP contribution in [0.5, 0.6) is 0 Å². The molecule has 1 saturated heterocycles. The van der Waals surface area contributed by atoms with Gasteiger partial charge in [0.2, 0.25) is 5.95 Å². The van der Waals surface area contributed by atoms with E-state index in [0.717, 1.165) is 19.2 Å².